The van der Waals surface area contributed by atoms with Gasteiger partial charge in [0, 0.05) is 24.3 Å². The van der Waals surface area contributed by atoms with Crippen LogP contribution >= 0.6 is 0 Å². The Morgan fingerprint density at radius 1 is 1.00 bits per heavy atom. The van der Waals surface area contributed by atoms with E-state index in [0.717, 1.165) is 43.2 Å². The molecule has 1 amide bonds. The Hall–Kier alpha value is -2.49. The fourth-order valence-electron chi connectivity index (χ4n) is 2.93. The summed E-state index contributed by atoms with van der Waals surface area (Å²) in [6, 6.07) is 16.0. The van der Waals surface area contributed by atoms with Crippen LogP contribution in [0.2, 0.25) is 0 Å². The number of carbonyl (C=O) groups excluding carboxylic acids is 1. The smallest absolute Gasteiger partial charge is 0.253 e. The van der Waals surface area contributed by atoms with Crippen LogP contribution in [-0.2, 0) is 0 Å². The molecule has 0 bridgehead atoms. The van der Waals surface area contributed by atoms with Crippen LogP contribution < -0.4 is 9.64 Å². The quantitative estimate of drug-likeness (QED) is 0.853. The standard InChI is InChI=1S/C18H18N2O2/c21-18(19-9-4-10-19)14-7-8-16-17(13-14)22-12-11-20(16)15-5-2-1-3-6-15/h1-3,5-8,13H,4,9-12H2. The van der Waals surface area contributed by atoms with Gasteiger partial charge in [-0.15, -0.1) is 0 Å². The lowest BCUT2D eigenvalue weighted by Crippen LogP contribution is -2.42. The molecule has 0 spiro atoms. The third-order valence-corrected chi connectivity index (χ3v) is 4.28. The average molecular weight is 294 g/mol. The maximum absolute atomic E-state index is 12.3. The number of fused-ring (bicyclic) bond motifs is 1. The Bertz CT molecular complexity index is 695. The van der Waals surface area contributed by atoms with Crippen LogP contribution in [0.1, 0.15) is 16.8 Å². The van der Waals surface area contributed by atoms with E-state index in [1.54, 1.807) is 0 Å². The minimum atomic E-state index is 0.106. The minimum Gasteiger partial charge on any atom is -0.490 e. The van der Waals surface area contributed by atoms with E-state index >= 15 is 0 Å². The molecule has 0 aromatic heterocycles. The summed E-state index contributed by atoms with van der Waals surface area (Å²) in [6.45, 7) is 3.18. The second-order valence-electron chi connectivity index (χ2n) is 5.66. The molecule has 112 valence electrons. The number of anilines is 2. The van der Waals surface area contributed by atoms with Crippen molar-refractivity contribution in [1.82, 2.24) is 4.90 Å². The minimum absolute atomic E-state index is 0.106. The van der Waals surface area contributed by atoms with E-state index in [1.807, 2.05) is 41.3 Å². The van der Waals surface area contributed by atoms with Gasteiger partial charge in [0.05, 0.1) is 12.2 Å². The Morgan fingerprint density at radius 2 is 1.82 bits per heavy atom. The van der Waals surface area contributed by atoms with Gasteiger partial charge in [-0.05, 0) is 36.8 Å². The van der Waals surface area contributed by atoms with Gasteiger partial charge in [-0.2, -0.15) is 0 Å². The van der Waals surface area contributed by atoms with E-state index < -0.39 is 0 Å². The lowest BCUT2D eigenvalue weighted by molar-refractivity contribution is 0.0651. The highest BCUT2D eigenvalue weighted by molar-refractivity contribution is 5.96. The molecule has 0 radical (unpaired) electrons. The molecule has 2 aromatic carbocycles. The third-order valence-electron chi connectivity index (χ3n) is 4.28. The molecule has 22 heavy (non-hydrogen) atoms. The van der Waals surface area contributed by atoms with Crippen LogP contribution in [0.15, 0.2) is 48.5 Å². The van der Waals surface area contributed by atoms with E-state index in [9.17, 15) is 4.79 Å². The molecule has 2 heterocycles. The SMILES string of the molecule is O=C(c1ccc2c(c1)OCCN2c1ccccc1)N1CCC1. The van der Waals surface area contributed by atoms with Crippen LogP contribution in [0, 0.1) is 0 Å². The highest BCUT2D eigenvalue weighted by Crippen LogP contribution is 2.37. The van der Waals surface area contributed by atoms with Gasteiger partial charge in [0.25, 0.3) is 5.91 Å². The molecule has 1 saturated heterocycles. The van der Waals surface area contributed by atoms with Gasteiger partial charge in [-0.1, -0.05) is 18.2 Å². The van der Waals surface area contributed by atoms with Crippen molar-refractivity contribution >= 4 is 17.3 Å². The van der Waals surface area contributed by atoms with Gasteiger partial charge in [0.1, 0.15) is 12.4 Å². The molecular weight excluding hydrogens is 276 g/mol. The second kappa shape index (κ2) is 5.37. The van der Waals surface area contributed by atoms with Gasteiger partial charge in [-0.3, -0.25) is 4.79 Å². The molecule has 2 aliphatic rings. The number of rotatable bonds is 2. The number of likely N-dealkylation sites (tertiary alicyclic amines) is 1. The van der Waals surface area contributed by atoms with Crippen LogP contribution in [0.3, 0.4) is 0 Å². The number of nitrogens with zero attached hydrogens (tertiary/aromatic N) is 2. The van der Waals surface area contributed by atoms with Crippen molar-refractivity contribution in [2.45, 2.75) is 6.42 Å². The molecule has 4 heteroatoms. The number of benzene rings is 2. The van der Waals surface area contributed by atoms with Gasteiger partial charge in [0.2, 0.25) is 0 Å². The average Bonchev–Trinajstić information content (AvgIpc) is 2.53. The fourth-order valence-corrected chi connectivity index (χ4v) is 2.93. The molecule has 0 unspecified atom stereocenters. The molecule has 1 fully saturated rings. The van der Waals surface area contributed by atoms with E-state index in [2.05, 4.69) is 17.0 Å². The Labute approximate surface area is 129 Å². The molecule has 0 saturated carbocycles. The first kappa shape index (κ1) is 13.2. The van der Waals surface area contributed by atoms with Crippen molar-refractivity contribution in [2.75, 3.05) is 31.1 Å². The first-order valence-electron chi connectivity index (χ1n) is 7.72. The normalized spacial score (nSPS) is 16.5. The number of hydrogen-bond acceptors (Lipinski definition) is 3. The predicted molar refractivity (Wildman–Crippen MR) is 85.9 cm³/mol. The van der Waals surface area contributed by atoms with Gasteiger partial charge in [-0.25, -0.2) is 0 Å². The first-order valence-corrected chi connectivity index (χ1v) is 7.72. The molecule has 0 aliphatic carbocycles. The first-order chi connectivity index (χ1) is 10.8. The van der Waals surface area contributed by atoms with E-state index in [-0.39, 0.29) is 5.91 Å². The van der Waals surface area contributed by atoms with Crippen molar-refractivity contribution in [3.05, 3.63) is 54.1 Å². The van der Waals surface area contributed by atoms with Crippen molar-refractivity contribution < 1.29 is 9.53 Å². The summed E-state index contributed by atoms with van der Waals surface area (Å²) in [7, 11) is 0. The van der Waals surface area contributed by atoms with Crippen LogP contribution in [-0.4, -0.2) is 37.0 Å². The second-order valence-corrected chi connectivity index (χ2v) is 5.66. The fraction of sp³-hybridized carbons (Fsp3) is 0.278. The highest BCUT2D eigenvalue weighted by Gasteiger charge is 2.25. The Balaban J connectivity index is 1.67. The zero-order valence-electron chi connectivity index (χ0n) is 12.4. The molecule has 2 aliphatic heterocycles. The van der Waals surface area contributed by atoms with E-state index in [4.69, 9.17) is 4.74 Å². The summed E-state index contributed by atoms with van der Waals surface area (Å²) in [6.07, 6.45) is 1.11. The number of para-hydroxylation sites is 1. The Kier molecular flexibility index (Phi) is 3.22. The summed E-state index contributed by atoms with van der Waals surface area (Å²) in [4.78, 5) is 16.4. The number of hydrogen-bond donors (Lipinski definition) is 0. The molecule has 4 nitrogen and oxygen atoms in total. The van der Waals surface area contributed by atoms with Crippen LogP contribution in [0.4, 0.5) is 11.4 Å². The van der Waals surface area contributed by atoms with Gasteiger partial charge < -0.3 is 14.5 Å². The highest BCUT2D eigenvalue weighted by atomic mass is 16.5. The molecule has 0 N–H and O–H groups in total. The summed E-state index contributed by atoms with van der Waals surface area (Å²) in [5.74, 6) is 0.899. The van der Waals surface area contributed by atoms with Crippen LogP contribution in [0.25, 0.3) is 0 Å². The topological polar surface area (TPSA) is 32.8 Å². The van der Waals surface area contributed by atoms with Crippen LogP contribution in [0.5, 0.6) is 5.75 Å². The molecule has 2 aromatic rings. The maximum atomic E-state index is 12.3. The van der Waals surface area contributed by atoms with E-state index in [1.165, 1.54) is 0 Å². The summed E-state index contributed by atoms with van der Waals surface area (Å²) in [5, 5.41) is 0. The largest absolute Gasteiger partial charge is 0.490 e. The molecular formula is C18H18N2O2. The Morgan fingerprint density at radius 3 is 2.55 bits per heavy atom. The zero-order chi connectivity index (χ0) is 14.9. The zero-order valence-corrected chi connectivity index (χ0v) is 12.4. The lowest BCUT2D eigenvalue weighted by atomic mass is 10.1. The lowest BCUT2D eigenvalue weighted by Gasteiger charge is -2.33. The van der Waals surface area contributed by atoms with Gasteiger partial charge in [0.15, 0.2) is 0 Å². The number of carbonyl (C=O) groups is 1. The number of amides is 1. The predicted octanol–water partition coefficient (Wildman–Crippen LogP) is 3.06. The molecule has 0 atom stereocenters. The summed E-state index contributed by atoms with van der Waals surface area (Å²) in [5.41, 5.74) is 2.89. The number of ether oxygens (including phenoxy) is 1. The van der Waals surface area contributed by atoms with Gasteiger partial charge >= 0.3 is 0 Å². The summed E-state index contributed by atoms with van der Waals surface area (Å²) >= 11 is 0. The van der Waals surface area contributed by atoms with Crippen molar-refractivity contribution in [2.24, 2.45) is 0 Å². The summed E-state index contributed by atoms with van der Waals surface area (Å²) < 4.78 is 5.78. The maximum Gasteiger partial charge on any atom is 0.253 e. The monoisotopic (exact) mass is 294 g/mol. The third kappa shape index (κ3) is 2.21. The van der Waals surface area contributed by atoms with Crippen molar-refractivity contribution in [1.29, 1.82) is 0 Å². The van der Waals surface area contributed by atoms with Crippen molar-refractivity contribution in [3.8, 4) is 5.75 Å². The van der Waals surface area contributed by atoms with Crippen molar-refractivity contribution in [3.63, 3.8) is 0 Å². The molecule has 4 rings (SSSR count). The van der Waals surface area contributed by atoms with E-state index in [0.29, 0.717) is 12.2 Å².